The van der Waals surface area contributed by atoms with Crippen molar-refractivity contribution in [1.29, 1.82) is 0 Å². The molecule has 2 rings (SSSR count). The maximum absolute atomic E-state index is 11.9. The minimum atomic E-state index is -0.900. The second-order valence-corrected chi connectivity index (χ2v) is 5.55. The Morgan fingerprint density at radius 2 is 2.10 bits per heavy atom. The molecule has 1 unspecified atom stereocenters. The Bertz CT molecular complexity index is 683. The maximum atomic E-state index is 11.9. The smallest absolute Gasteiger partial charge is 0.333 e. The number of esters is 1. The van der Waals surface area contributed by atoms with E-state index >= 15 is 0 Å². The van der Waals surface area contributed by atoms with Crippen LogP contribution >= 0.6 is 23.6 Å². The van der Waals surface area contributed by atoms with Gasteiger partial charge in [0.15, 0.2) is 10.00 Å². The minimum Gasteiger partial charge on any atom is -0.467 e. The SMILES string of the molecule is COC(=O)C(NC(=O)Nc1n[nH]c(=S)s1)c1ccccc1. The number of carbonyl (C=O) groups is 2. The van der Waals surface area contributed by atoms with E-state index < -0.39 is 18.0 Å². The lowest BCUT2D eigenvalue weighted by molar-refractivity contribution is -0.143. The van der Waals surface area contributed by atoms with E-state index in [9.17, 15) is 9.59 Å². The third-order valence-electron chi connectivity index (χ3n) is 2.50. The normalized spacial score (nSPS) is 11.5. The van der Waals surface area contributed by atoms with Crippen LogP contribution in [0.3, 0.4) is 0 Å². The number of anilines is 1. The van der Waals surface area contributed by atoms with E-state index in [1.807, 2.05) is 6.07 Å². The van der Waals surface area contributed by atoms with E-state index in [1.165, 1.54) is 7.11 Å². The number of hydrogen-bond donors (Lipinski definition) is 3. The van der Waals surface area contributed by atoms with Gasteiger partial charge in [-0.2, -0.15) is 0 Å². The zero-order chi connectivity index (χ0) is 15.2. The molecule has 0 saturated carbocycles. The van der Waals surface area contributed by atoms with Crippen molar-refractivity contribution in [1.82, 2.24) is 15.5 Å². The summed E-state index contributed by atoms with van der Waals surface area (Å²) in [5.41, 5.74) is 0.620. The highest BCUT2D eigenvalue weighted by Gasteiger charge is 2.23. The van der Waals surface area contributed by atoms with E-state index in [1.54, 1.807) is 24.3 Å². The third-order valence-corrected chi connectivity index (χ3v) is 3.51. The zero-order valence-electron chi connectivity index (χ0n) is 11.0. The first-order valence-corrected chi connectivity index (χ1v) is 7.08. The Hall–Kier alpha value is -2.26. The van der Waals surface area contributed by atoms with Crippen molar-refractivity contribution >= 4 is 40.7 Å². The van der Waals surface area contributed by atoms with Crippen LogP contribution in [0.25, 0.3) is 0 Å². The Kier molecular flexibility index (Phi) is 5.01. The van der Waals surface area contributed by atoms with Gasteiger partial charge in [0.1, 0.15) is 0 Å². The van der Waals surface area contributed by atoms with Crippen molar-refractivity contribution in [2.24, 2.45) is 0 Å². The molecular formula is C12H12N4O3S2. The molecule has 0 bridgehead atoms. The van der Waals surface area contributed by atoms with Gasteiger partial charge >= 0.3 is 12.0 Å². The molecular weight excluding hydrogens is 312 g/mol. The average molecular weight is 324 g/mol. The Labute approximate surface area is 129 Å². The fourth-order valence-corrected chi connectivity index (χ4v) is 2.37. The fraction of sp³-hybridized carbons (Fsp3) is 0.167. The summed E-state index contributed by atoms with van der Waals surface area (Å²) < 4.78 is 5.15. The second-order valence-electron chi connectivity index (χ2n) is 3.88. The summed E-state index contributed by atoms with van der Waals surface area (Å²) in [6.45, 7) is 0. The maximum Gasteiger partial charge on any atom is 0.333 e. The summed E-state index contributed by atoms with van der Waals surface area (Å²) in [5, 5.41) is 11.7. The Morgan fingerprint density at radius 1 is 1.38 bits per heavy atom. The van der Waals surface area contributed by atoms with Gasteiger partial charge in [0.2, 0.25) is 5.13 Å². The number of H-pyrrole nitrogens is 1. The van der Waals surface area contributed by atoms with Crippen LogP contribution in [0.1, 0.15) is 11.6 Å². The fourth-order valence-electron chi connectivity index (χ4n) is 1.59. The Morgan fingerprint density at radius 3 is 2.67 bits per heavy atom. The number of nitrogens with zero attached hydrogens (tertiary/aromatic N) is 1. The molecule has 0 aliphatic carbocycles. The number of amides is 2. The van der Waals surface area contributed by atoms with Crippen molar-refractivity contribution < 1.29 is 14.3 Å². The van der Waals surface area contributed by atoms with E-state index in [2.05, 4.69) is 20.8 Å². The Balaban J connectivity index is 2.10. The molecule has 3 N–H and O–H groups in total. The first-order chi connectivity index (χ1) is 10.1. The molecule has 9 heteroatoms. The van der Waals surface area contributed by atoms with Gasteiger partial charge in [-0.1, -0.05) is 41.7 Å². The summed E-state index contributed by atoms with van der Waals surface area (Å²) in [5.74, 6) is -0.564. The molecule has 0 aliphatic heterocycles. The molecule has 2 amide bonds. The van der Waals surface area contributed by atoms with Crippen LogP contribution < -0.4 is 10.6 Å². The van der Waals surface area contributed by atoms with Gasteiger partial charge in [-0.3, -0.25) is 10.4 Å². The van der Waals surface area contributed by atoms with Crippen LogP contribution in [0.15, 0.2) is 30.3 Å². The van der Waals surface area contributed by atoms with Gasteiger partial charge in [0, 0.05) is 0 Å². The van der Waals surface area contributed by atoms with Gasteiger partial charge in [-0.15, -0.1) is 5.10 Å². The molecule has 1 atom stereocenters. The van der Waals surface area contributed by atoms with Gasteiger partial charge in [-0.05, 0) is 17.8 Å². The second kappa shape index (κ2) is 6.95. The molecule has 7 nitrogen and oxygen atoms in total. The van der Waals surface area contributed by atoms with Crippen LogP contribution in [-0.2, 0) is 9.53 Å². The number of aromatic amines is 1. The van der Waals surface area contributed by atoms with Gasteiger partial charge in [-0.25, -0.2) is 9.59 Å². The number of nitrogens with one attached hydrogen (secondary N) is 3. The zero-order valence-corrected chi connectivity index (χ0v) is 12.6. The molecule has 110 valence electrons. The number of rotatable bonds is 4. The van der Waals surface area contributed by atoms with Crippen LogP contribution in [0.4, 0.5) is 9.93 Å². The lowest BCUT2D eigenvalue weighted by Gasteiger charge is -2.16. The van der Waals surface area contributed by atoms with Crippen LogP contribution in [0, 0.1) is 3.95 Å². The van der Waals surface area contributed by atoms with E-state index in [4.69, 9.17) is 17.0 Å². The van der Waals surface area contributed by atoms with Crippen molar-refractivity contribution in [3.63, 3.8) is 0 Å². The number of aromatic nitrogens is 2. The van der Waals surface area contributed by atoms with Crippen molar-refractivity contribution in [2.45, 2.75) is 6.04 Å². The summed E-state index contributed by atoms with van der Waals surface area (Å²) in [4.78, 5) is 23.7. The molecule has 1 aromatic heterocycles. The highest BCUT2D eigenvalue weighted by Crippen LogP contribution is 2.15. The summed E-state index contributed by atoms with van der Waals surface area (Å²) in [7, 11) is 1.26. The van der Waals surface area contributed by atoms with Crippen LogP contribution in [-0.4, -0.2) is 29.3 Å². The number of urea groups is 1. The molecule has 1 aromatic carbocycles. The molecule has 0 fully saturated rings. The van der Waals surface area contributed by atoms with Crippen molar-refractivity contribution in [2.75, 3.05) is 12.4 Å². The first kappa shape index (κ1) is 15.1. The first-order valence-electron chi connectivity index (χ1n) is 5.86. The van der Waals surface area contributed by atoms with E-state index in [0.717, 1.165) is 11.3 Å². The molecule has 21 heavy (non-hydrogen) atoms. The number of ether oxygens (including phenoxy) is 1. The van der Waals surface area contributed by atoms with Gasteiger partial charge < -0.3 is 10.1 Å². The summed E-state index contributed by atoms with van der Waals surface area (Å²) in [6, 6.07) is 7.32. The predicted molar refractivity (Wildman–Crippen MR) is 80.7 cm³/mol. The topological polar surface area (TPSA) is 96.1 Å². The molecule has 1 heterocycles. The highest BCUT2D eigenvalue weighted by atomic mass is 32.1. The van der Waals surface area contributed by atoms with Gasteiger partial charge in [0.05, 0.1) is 7.11 Å². The molecule has 0 aliphatic rings. The molecule has 0 saturated heterocycles. The third kappa shape index (κ3) is 4.10. The number of hydrogen-bond acceptors (Lipinski definition) is 6. The highest BCUT2D eigenvalue weighted by molar-refractivity contribution is 7.73. The van der Waals surface area contributed by atoms with E-state index in [0.29, 0.717) is 14.6 Å². The molecule has 0 spiro atoms. The predicted octanol–water partition coefficient (Wildman–Crippen LogP) is 2.24. The van der Waals surface area contributed by atoms with Crippen LogP contribution in [0.2, 0.25) is 0 Å². The van der Waals surface area contributed by atoms with Crippen LogP contribution in [0.5, 0.6) is 0 Å². The summed E-state index contributed by atoms with van der Waals surface area (Å²) in [6.07, 6.45) is 0. The van der Waals surface area contributed by atoms with Crippen molar-refractivity contribution in [3.05, 3.63) is 39.8 Å². The number of benzene rings is 1. The average Bonchev–Trinajstić information content (AvgIpc) is 2.90. The van der Waals surface area contributed by atoms with E-state index in [-0.39, 0.29) is 0 Å². The minimum absolute atomic E-state index is 0.314. The monoisotopic (exact) mass is 324 g/mol. The largest absolute Gasteiger partial charge is 0.467 e. The molecule has 2 aromatic rings. The summed E-state index contributed by atoms with van der Waals surface area (Å²) >= 11 is 5.98. The lowest BCUT2D eigenvalue weighted by Crippen LogP contribution is -2.37. The van der Waals surface area contributed by atoms with Crippen molar-refractivity contribution in [3.8, 4) is 0 Å². The lowest BCUT2D eigenvalue weighted by atomic mass is 10.1. The quantitative estimate of drug-likeness (QED) is 0.592. The number of carbonyl (C=O) groups excluding carboxylic acids is 2. The number of methoxy groups -OCH3 is 1. The standard InChI is InChI=1S/C12H12N4O3S2/c1-19-9(17)8(7-5-3-2-4-6-7)13-10(18)14-11-15-16-12(20)21-11/h2-6,8H,1H3,(H,16,20)(H2,13,14,15,18). The molecule has 0 radical (unpaired) electrons. The van der Waals surface area contributed by atoms with Gasteiger partial charge in [0.25, 0.3) is 0 Å².